The lowest BCUT2D eigenvalue weighted by Crippen LogP contribution is -2.42. The number of nitro groups is 1. The van der Waals surface area contributed by atoms with Gasteiger partial charge in [-0.3, -0.25) is 14.9 Å². The lowest BCUT2D eigenvalue weighted by Gasteiger charge is -2.29. The van der Waals surface area contributed by atoms with Gasteiger partial charge in [0, 0.05) is 30.8 Å². The minimum Gasteiger partial charge on any atom is -0.386 e. The molecule has 1 heterocycles. The van der Waals surface area contributed by atoms with E-state index in [1.54, 1.807) is 12.1 Å². The highest BCUT2D eigenvalue weighted by Crippen LogP contribution is 2.29. The van der Waals surface area contributed by atoms with E-state index in [0.29, 0.717) is 43.5 Å². The van der Waals surface area contributed by atoms with Gasteiger partial charge in [0.1, 0.15) is 5.69 Å². The molecule has 1 amide bonds. The van der Waals surface area contributed by atoms with Crippen molar-refractivity contribution in [2.45, 2.75) is 38.6 Å². The molecule has 0 spiro atoms. The Morgan fingerprint density at radius 2 is 2.14 bits per heavy atom. The van der Waals surface area contributed by atoms with Gasteiger partial charge in [-0.1, -0.05) is 31.0 Å². The third kappa shape index (κ3) is 5.90. The summed E-state index contributed by atoms with van der Waals surface area (Å²) in [5, 5.41) is 18.3. The molecule has 158 valence electrons. The van der Waals surface area contributed by atoms with E-state index in [-0.39, 0.29) is 24.2 Å². The Balaban J connectivity index is 1.54. The second kappa shape index (κ2) is 10.2. The molecule has 2 fully saturated rings. The average molecular weight is 404 g/mol. The maximum atomic E-state index is 12.0. The first kappa shape index (κ1) is 21.0. The molecule has 1 saturated heterocycles. The smallest absolute Gasteiger partial charge is 0.293 e. The van der Waals surface area contributed by atoms with Crippen molar-refractivity contribution >= 4 is 23.5 Å². The number of carbonyl (C=O) groups is 1. The van der Waals surface area contributed by atoms with Crippen LogP contribution in [0.15, 0.2) is 23.4 Å². The van der Waals surface area contributed by atoms with Crippen LogP contribution in [0.3, 0.4) is 0 Å². The molecule has 9 heteroatoms. The van der Waals surface area contributed by atoms with Gasteiger partial charge in [0.25, 0.3) is 11.6 Å². The lowest BCUT2D eigenvalue weighted by atomic mass is 9.86. The van der Waals surface area contributed by atoms with E-state index in [2.05, 4.69) is 17.4 Å². The second-order valence-corrected chi connectivity index (χ2v) is 7.55. The van der Waals surface area contributed by atoms with E-state index in [0.717, 1.165) is 19.3 Å². The monoisotopic (exact) mass is 404 g/mol. The largest absolute Gasteiger partial charge is 0.386 e. The number of nitrogens with one attached hydrogen (secondary N) is 1. The zero-order chi connectivity index (χ0) is 20.6. The van der Waals surface area contributed by atoms with Gasteiger partial charge < -0.3 is 19.8 Å². The first-order valence-corrected chi connectivity index (χ1v) is 10.1. The fourth-order valence-corrected chi connectivity index (χ4v) is 3.81. The first-order valence-electron chi connectivity index (χ1n) is 10.1. The van der Waals surface area contributed by atoms with E-state index in [4.69, 9.17) is 9.57 Å². The van der Waals surface area contributed by atoms with Gasteiger partial charge in [0.15, 0.2) is 6.61 Å². The van der Waals surface area contributed by atoms with Gasteiger partial charge in [-0.15, -0.1) is 0 Å². The van der Waals surface area contributed by atoms with Crippen LogP contribution >= 0.6 is 0 Å². The minimum absolute atomic E-state index is 0.0138. The quantitative estimate of drug-likeness (QED) is 0.425. The SMILES string of the molecule is C[C@H]1CCCC[C@@H]1NC(=O)CO/N=C\c1ccc(N2CCOCC2)c([N+](=O)[O-])c1. The van der Waals surface area contributed by atoms with Crippen molar-refractivity contribution in [2.24, 2.45) is 11.1 Å². The highest BCUT2D eigenvalue weighted by molar-refractivity contribution is 5.83. The van der Waals surface area contributed by atoms with Crippen LogP contribution in [-0.4, -0.2) is 56.0 Å². The Labute approximate surface area is 170 Å². The van der Waals surface area contributed by atoms with Crippen LogP contribution in [0.25, 0.3) is 0 Å². The van der Waals surface area contributed by atoms with Crippen LogP contribution in [0.1, 0.15) is 38.2 Å². The number of anilines is 1. The van der Waals surface area contributed by atoms with Crippen LogP contribution in [0.2, 0.25) is 0 Å². The van der Waals surface area contributed by atoms with Crippen molar-refractivity contribution in [1.82, 2.24) is 5.32 Å². The molecular formula is C20H28N4O5. The molecule has 1 aliphatic heterocycles. The van der Waals surface area contributed by atoms with E-state index >= 15 is 0 Å². The van der Waals surface area contributed by atoms with Gasteiger partial charge in [0.05, 0.1) is 24.4 Å². The fraction of sp³-hybridized carbons (Fsp3) is 0.600. The van der Waals surface area contributed by atoms with Crippen LogP contribution < -0.4 is 10.2 Å². The Hall–Kier alpha value is -2.68. The maximum absolute atomic E-state index is 12.0. The average Bonchev–Trinajstić information content (AvgIpc) is 2.73. The van der Waals surface area contributed by atoms with Crippen LogP contribution in [0, 0.1) is 16.0 Å². The van der Waals surface area contributed by atoms with E-state index < -0.39 is 4.92 Å². The normalized spacial score (nSPS) is 22.4. The predicted octanol–water partition coefficient (Wildman–Crippen LogP) is 2.48. The summed E-state index contributed by atoms with van der Waals surface area (Å²) < 4.78 is 5.30. The lowest BCUT2D eigenvalue weighted by molar-refractivity contribution is -0.384. The number of ether oxygens (including phenoxy) is 1. The minimum atomic E-state index is -0.401. The van der Waals surface area contributed by atoms with E-state index in [1.807, 2.05) is 4.90 Å². The number of oxime groups is 1. The molecule has 2 atom stereocenters. The van der Waals surface area contributed by atoms with E-state index in [1.165, 1.54) is 18.7 Å². The summed E-state index contributed by atoms with van der Waals surface area (Å²) in [5.74, 6) is 0.274. The molecule has 1 aromatic carbocycles. The fourth-order valence-electron chi connectivity index (χ4n) is 3.81. The standard InChI is InChI=1S/C20H28N4O5/c1-15-4-2-3-5-17(15)22-20(25)14-29-21-13-16-6-7-18(19(12-16)24(26)27)23-8-10-28-11-9-23/h6-7,12-13,15,17H,2-5,8-11,14H2,1H3,(H,22,25)/b21-13-/t15-,17-/m0/s1. The molecule has 1 aliphatic carbocycles. The Morgan fingerprint density at radius 1 is 1.38 bits per heavy atom. The molecule has 1 N–H and O–H groups in total. The molecule has 1 saturated carbocycles. The number of morpholine rings is 1. The van der Waals surface area contributed by atoms with Crippen molar-refractivity contribution in [1.29, 1.82) is 0 Å². The second-order valence-electron chi connectivity index (χ2n) is 7.55. The number of nitro benzene ring substituents is 1. The number of hydrogen-bond donors (Lipinski definition) is 1. The number of amides is 1. The molecule has 0 aromatic heterocycles. The highest BCUT2D eigenvalue weighted by Gasteiger charge is 2.23. The number of rotatable bonds is 7. The molecule has 2 aliphatic rings. The van der Waals surface area contributed by atoms with Crippen molar-refractivity contribution in [2.75, 3.05) is 37.8 Å². The summed E-state index contributed by atoms with van der Waals surface area (Å²) >= 11 is 0. The molecule has 9 nitrogen and oxygen atoms in total. The summed E-state index contributed by atoms with van der Waals surface area (Å²) in [4.78, 5) is 30.1. The summed E-state index contributed by atoms with van der Waals surface area (Å²) in [5.41, 5.74) is 1.12. The van der Waals surface area contributed by atoms with Gasteiger partial charge in [-0.2, -0.15) is 0 Å². The zero-order valence-corrected chi connectivity index (χ0v) is 16.7. The predicted molar refractivity (Wildman–Crippen MR) is 109 cm³/mol. The van der Waals surface area contributed by atoms with Gasteiger partial charge >= 0.3 is 0 Å². The van der Waals surface area contributed by atoms with Gasteiger partial charge in [-0.25, -0.2) is 0 Å². The van der Waals surface area contributed by atoms with Crippen molar-refractivity contribution in [3.05, 3.63) is 33.9 Å². The Bertz CT molecular complexity index is 748. The Kier molecular flexibility index (Phi) is 7.40. The van der Waals surface area contributed by atoms with Crippen molar-refractivity contribution < 1.29 is 19.3 Å². The molecule has 0 bridgehead atoms. The molecular weight excluding hydrogens is 376 g/mol. The Morgan fingerprint density at radius 3 is 2.86 bits per heavy atom. The van der Waals surface area contributed by atoms with Gasteiger partial charge in [0.2, 0.25) is 0 Å². The number of hydrogen-bond acceptors (Lipinski definition) is 7. The van der Waals surface area contributed by atoms with Crippen LogP contribution in [0.4, 0.5) is 11.4 Å². The van der Waals surface area contributed by atoms with Crippen molar-refractivity contribution in [3.63, 3.8) is 0 Å². The summed E-state index contributed by atoms with van der Waals surface area (Å²) in [6.45, 7) is 4.31. The molecule has 0 radical (unpaired) electrons. The number of carbonyl (C=O) groups excluding carboxylic acids is 1. The summed E-state index contributed by atoms with van der Waals surface area (Å²) in [6, 6.07) is 5.11. The molecule has 1 aromatic rings. The summed E-state index contributed by atoms with van der Waals surface area (Å²) in [7, 11) is 0. The maximum Gasteiger partial charge on any atom is 0.293 e. The molecule has 29 heavy (non-hydrogen) atoms. The molecule has 3 rings (SSSR count). The van der Waals surface area contributed by atoms with Crippen molar-refractivity contribution in [3.8, 4) is 0 Å². The highest BCUT2D eigenvalue weighted by atomic mass is 16.6. The summed E-state index contributed by atoms with van der Waals surface area (Å²) in [6.07, 6.45) is 5.85. The zero-order valence-electron chi connectivity index (χ0n) is 16.7. The first-order chi connectivity index (χ1) is 14.0. The third-order valence-corrected chi connectivity index (χ3v) is 5.48. The van der Waals surface area contributed by atoms with Crippen LogP contribution in [0.5, 0.6) is 0 Å². The number of nitrogens with zero attached hydrogens (tertiary/aromatic N) is 3. The van der Waals surface area contributed by atoms with Gasteiger partial charge in [-0.05, 0) is 24.8 Å². The van der Waals surface area contributed by atoms with Crippen LogP contribution in [-0.2, 0) is 14.4 Å². The molecule has 0 unspecified atom stereocenters. The third-order valence-electron chi connectivity index (χ3n) is 5.48. The topological polar surface area (TPSA) is 106 Å². The number of benzene rings is 1. The van der Waals surface area contributed by atoms with E-state index in [9.17, 15) is 14.9 Å².